The quantitative estimate of drug-likeness (QED) is 0.0222. The molecule has 0 aliphatic carbocycles. The summed E-state index contributed by atoms with van der Waals surface area (Å²) in [4.78, 5) is 72.3. The minimum absolute atomic E-state index is 0.102. The fourth-order valence-electron chi connectivity index (χ4n) is 11.1. The van der Waals surface area contributed by atoms with Crippen molar-refractivity contribution in [1.82, 2.24) is 0 Å². The number of hydrogen-bond donors (Lipinski definition) is 3. The zero-order valence-electron chi connectivity index (χ0n) is 59.9. The van der Waals surface area contributed by atoms with E-state index in [9.17, 15) is 43.2 Å². The highest BCUT2D eigenvalue weighted by molar-refractivity contribution is 7.47. The zero-order valence-corrected chi connectivity index (χ0v) is 61.6. The molecule has 92 heavy (non-hydrogen) atoms. The van der Waals surface area contributed by atoms with E-state index >= 15 is 0 Å². The number of phosphoric ester groups is 2. The number of aliphatic hydroxyl groups excluding tert-OH is 1. The Hall–Kier alpha value is -1.94. The van der Waals surface area contributed by atoms with Gasteiger partial charge in [0, 0.05) is 25.7 Å². The number of carbonyl (C=O) groups excluding carboxylic acids is 4. The minimum Gasteiger partial charge on any atom is -0.462 e. The van der Waals surface area contributed by atoms with Crippen molar-refractivity contribution in [3.05, 3.63) is 0 Å². The van der Waals surface area contributed by atoms with Crippen molar-refractivity contribution < 1.29 is 80.2 Å². The van der Waals surface area contributed by atoms with E-state index in [1.54, 1.807) is 0 Å². The van der Waals surface area contributed by atoms with Gasteiger partial charge >= 0.3 is 39.5 Å². The summed E-state index contributed by atoms with van der Waals surface area (Å²) in [6.07, 6.45) is 52.0. The van der Waals surface area contributed by atoms with E-state index in [2.05, 4.69) is 41.5 Å². The molecule has 6 atom stereocenters. The highest BCUT2D eigenvalue weighted by Crippen LogP contribution is 2.45. The molecule has 3 N–H and O–H groups in total. The molecule has 0 aliphatic heterocycles. The maximum atomic E-state index is 13.1. The molecule has 0 heterocycles. The highest BCUT2D eigenvalue weighted by atomic mass is 31.2. The molecule has 19 heteroatoms. The summed E-state index contributed by atoms with van der Waals surface area (Å²) in [7, 11) is -9.89. The third-order valence-corrected chi connectivity index (χ3v) is 19.2. The molecule has 0 saturated carbocycles. The molecule has 0 spiro atoms. The van der Waals surface area contributed by atoms with E-state index in [0.29, 0.717) is 25.7 Å². The van der Waals surface area contributed by atoms with Crippen LogP contribution in [0.3, 0.4) is 0 Å². The predicted molar refractivity (Wildman–Crippen MR) is 372 cm³/mol. The van der Waals surface area contributed by atoms with Gasteiger partial charge in [0.2, 0.25) is 0 Å². The molecule has 0 amide bonds. The number of phosphoric acid groups is 2. The summed E-state index contributed by atoms with van der Waals surface area (Å²) >= 11 is 0. The van der Waals surface area contributed by atoms with Gasteiger partial charge in [-0.25, -0.2) is 9.13 Å². The van der Waals surface area contributed by atoms with E-state index in [-0.39, 0.29) is 25.7 Å². The second-order valence-corrected chi connectivity index (χ2v) is 30.0. The van der Waals surface area contributed by atoms with Crippen LogP contribution in [0.2, 0.25) is 0 Å². The average Bonchev–Trinajstić information content (AvgIpc) is 1.90. The van der Waals surface area contributed by atoms with Crippen LogP contribution < -0.4 is 0 Å². The lowest BCUT2D eigenvalue weighted by Crippen LogP contribution is -2.30. The molecule has 0 radical (unpaired) electrons. The average molecular weight is 1350 g/mol. The number of carbonyl (C=O) groups is 4. The van der Waals surface area contributed by atoms with Gasteiger partial charge in [0.15, 0.2) is 12.2 Å². The number of hydrogen-bond acceptors (Lipinski definition) is 15. The van der Waals surface area contributed by atoms with E-state index < -0.39 is 97.5 Å². The Labute approximate surface area is 562 Å². The predicted octanol–water partition coefficient (Wildman–Crippen LogP) is 21.2. The fraction of sp³-hybridized carbons (Fsp3) is 0.945. The fourth-order valence-corrected chi connectivity index (χ4v) is 12.7. The van der Waals surface area contributed by atoms with Crippen molar-refractivity contribution in [3.8, 4) is 0 Å². The molecule has 0 saturated heterocycles. The summed E-state index contributed by atoms with van der Waals surface area (Å²) < 4.78 is 68.1. The molecule has 0 aromatic heterocycles. The molecule has 0 bridgehead atoms. The monoisotopic (exact) mass is 1350 g/mol. The Morgan fingerprint density at radius 3 is 0.826 bits per heavy atom. The van der Waals surface area contributed by atoms with Gasteiger partial charge in [-0.2, -0.15) is 0 Å². The van der Waals surface area contributed by atoms with Crippen LogP contribution in [-0.2, 0) is 65.4 Å². The largest absolute Gasteiger partial charge is 0.472 e. The van der Waals surface area contributed by atoms with Gasteiger partial charge in [-0.15, -0.1) is 0 Å². The molecular weight excluding hydrogens is 1210 g/mol. The number of ether oxygens (including phenoxy) is 4. The van der Waals surface area contributed by atoms with Gasteiger partial charge in [-0.05, 0) is 37.5 Å². The Bertz CT molecular complexity index is 1790. The molecule has 0 aromatic carbocycles. The Kier molecular flexibility index (Phi) is 63.7. The maximum absolute atomic E-state index is 13.1. The van der Waals surface area contributed by atoms with Crippen LogP contribution in [0, 0.1) is 11.8 Å². The first-order valence-electron chi connectivity index (χ1n) is 38.0. The van der Waals surface area contributed by atoms with E-state index in [1.807, 2.05) is 0 Å². The summed E-state index contributed by atoms with van der Waals surface area (Å²) in [5.41, 5.74) is 0. The highest BCUT2D eigenvalue weighted by Gasteiger charge is 2.30. The van der Waals surface area contributed by atoms with Crippen LogP contribution in [0.15, 0.2) is 0 Å². The van der Waals surface area contributed by atoms with Crippen LogP contribution in [0.1, 0.15) is 375 Å². The topological polar surface area (TPSA) is 237 Å². The molecule has 17 nitrogen and oxygen atoms in total. The van der Waals surface area contributed by atoms with Gasteiger partial charge < -0.3 is 33.8 Å². The van der Waals surface area contributed by atoms with E-state index in [1.165, 1.54) is 186 Å². The second kappa shape index (κ2) is 65.0. The van der Waals surface area contributed by atoms with Crippen molar-refractivity contribution in [2.24, 2.45) is 11.8 Å². The van der Waals surface area contributed by atoms with Crippen molar-refractivity contribution in [2.45, 2.75) is 394 Å². The smallest absolute Gasteiger partial charge is 0.462 e. The number of rotatable bonds is 72. The molecular formula is C73H142O17P2. The van der Waals surface area contributed by atoms with Gasteiger partial charge in [0.05, 0.1) is 26.4 Å². The molecule has 3 unspecified atom stereocenters. The second-order valence-electron chi connectivity index (χ2n) is 27.1. The number of aliphatic hydroxyl groups is 1. The van der Waals surface area contributed by atoms with Crippen LogP contribution in [0.5, 0.6) is 0 Å². The number of unbranched alkanes of at least 4 members (excludes halogenated alkanes) is 41. The normalized spacial score (nSPS) is 14.4. The Morgan fingerprint density at radius 2 is 0.554 bits per heavy atom. The van der Waals surface area contributed by atoms with Gasteiger partial charge in [0.25, 0.3) is 0 Å². The summed E-state index contributed by atoms with van der Waals surface area (Å²) in [6.45, 7) is 9.45. The SMILES string of the molecule is CCCCCCCCCCCCCCCCCCCCCCC(=O)O[C@H](COC(=O)CCCCCCCCCCCCCCCCC(C)C)COP(=O)(O)OC[C@@H](O)COP(=O)(O)OC[C@@H](COC(=O)CCCCCCC)OC(=O)CCCCCCCCC(C)CC. The minimum atomic E-state index is -4.95. The van der Waals surface area contributed by atoms with Crippen LogP contribution in [0.4, 0.5) is 0 Å². The lowest BCUT2D eigenvalue weighted by molar-refractivity contribution is -0.161. The maximum Gasteiger partial charge on any atom is 0.472 e. The summed E-state index contributed by atoms with van der Waals surface area (Å²) in [6, 6.07) is 0. The molecule has 0 aromatic rings. The van der Waals surface area contributed by atoms with Crippen molar-refractivity contribution in [1.29, 1.82) is 0 Å². The summed E-state index contributed by atoms with van der Waals surface area (Å²) in [5, 5.41) is 10.6. The first-order valence-corrected chi connectivity index (χ1v) is 41.0. The zero-order chi connectivity index (χ0) is 67.9. The molecule has 0 fully saturated rings. The lowest BCUT2D eigenvalue weighted by atomic mass is 10.00. The van der Waals surface area contributed by atoms with Crippen molar-refractivity contribution >= 4 is 39.5 Å². The first kappa shape index (κ1) is 90.1. The molecule has 0 rings (SSSR count). The Balaban J connectivity index is 5.13. The van der Waals surface area contributed by atoms with E-state index in [0.717, 1.165) is 108 Å². The third-order valence-electron chi connectivity index (χ3n) is 17.3. The number of esters is 4. The van der Waals surface area contributed by atoms with Crippen LogP contribution in [-0.4, -0.2) is 96.7 Å². The van der Waals surface area contributed by atoms with Crippen LogP contribution in [0.25, 0.3) is 0 Å². The standard InChI is InChI=1S/C73H142O17P2/c1-7-10-12-14-15-16-17-18-19-20-21-22-23-24-29-32-35-38-45-51-57-72(77)89-69(62-84-71(76)56-50-44-37-34-31-28-26-25-27-30-33-36-42-47-53-65(4)5)64-88-92(81,82)86-60-67(74)59-85-91(79,80)87-63-68(61-83-70(75)55-49-41-13-11-8-2)90-73(78)58-52-46-40-39-43-48-54-66(6)9-3/h65-69,74H,7-64H2,1-6H3,(H,79,80)(H,81,82)/t66?,67-,68+,69+/m0/s1. The van der Waals surface area contributed by atoms with E-state index in [4.69, 9.17) is 37.0 Å². The third kappa shape index (κ3) is 65.4. The first-order chi connectivity index (χ1) is 44.4. The van der Waals surface area contributed by atoms with Crippen LogP contribution >= 0.6 is 15.6 Å². The van der Waals surface area contributed by atoms with Crippen molar-refractivity contribution in [3.63, 3.8) is 0 Å². The lowest BCUT2D eigenvalue weighted by Gasteiger charge is -2.21. The van der Waals surface area contributed by atoms with Gasteiger partial charge in [-0.1, -0.05) is 324 Å². The van der Waals surface area contributed by atoms with Crippen molar-refractivity contribution in [2.75, 3.05) is 39.6 Å². The Morgan fingerprint density at radius 1 is 0.315 bits per heavy atom. The van der Waals surface area contributed by atoms with Gasteiger partial charge in [-0.3, -0.25) is 37.3 Å². The molecule has 546 valence electrons. The summed E-state index contributed by atoms with van der Waals surface area (Å²) in [5.74, 6) is -0.615. The molecule has 0 aliphatic rings. The van der Waals surface area contributed by atoms with Gasteiger partial charge in [0.1, 0.15) is 19.3 Å².